The van der Waals surface area contributed by atoms with Gasteiger partial charge in [0.15, 0.2) is 0 Å². The molecule has 0 aliphatic carbocycles. The Balaban J connectivity index is 3.33. The lowest BCUT2D eigenvalue weighted by Crippen LogP contribution is -1.99. The normalized spacial score (nSPS) is 10.2. The number of aromatic nitrogens is 1. The van der Waals surface area contributed by atoms with Gasteiger partial charge in [-0.2, -0.15) is 5.26 Å². The minimum absolute atomic E-state index is 0.253. The largest absolute Gasteiger partial charge is 0.281 e. The van der Waals surface area contributed by atoms with Crippen molar-refractivity contribution in [1.82, 2.24) is 4.98 Å². The van der Waals surface area contributed by atoms with Crippen molar-refractivity contribution < 1.29 is 8.78 Å². The molecular weight excluding hydrogens is 289 g/mol. The molecule has 1 heterocycles. The molecule has 0 aliphatic heterocycles. The second-order valence-corrected chi connectivity index (χ2v) is 3.49. The van der Waals surface area contributed by atoms with Crippen LogP contribution in [0.3, 0.4) is 0 Å². The SMILES string of the molecule is Cc1c(C#N)cnc(C(F)F)c1I. The molecule has 0 unspecified atom stereocenters. The van der Waals surface area contributed by atoms with Crippen LogP contribution in [0.25, 0.3) is 0 Å². The molecule has 0 atom stereocenters. The first-order valence-electron chi connectivity index (χ1n) is 3.41. The van der Waals surface area contributed by atoms with E-state index < -0.39 is 6.43 Å². The topological polar surface area (TPSA) is 36.7 Å². The van der Waals surface area contributed by atoms with Crippen molar-refractivity contribution in [2.24, 2.45) is 0 Å². The number of pyridine rings is 1. The molecule has 13 heavy (non-hydrogen) atoms. The summed E-state index contributed by atoms with van der Waals surface area (Å²) in [6.45, 7) is 1.63. The van der Waals surface area contributed by atoms with Crippen molar-refractivity contribution in [3.63, 3.8) is 0 Å². The lowest BCUT2D eigenvalue weighted by molar-refractivity contribution is 0.145. The Morgan fingerprint density at radius 1 is 1.62 bits per heavy atom. The van der Waals surface area contributed by atoms with Crippen molar-refractivity contribution in [3.05, 3.63) is 26.6 Å². The van der Waals surface area contributed by atoms with Gasteiger partial charge in [0.2, 0.25) is 0 Å². The minimum Gasteiger partial charge on any atom is -0.253 e. The highest BCUT2D eigenvalue weighted by Gasteiger charge is 2.16. The predicted octanol–water partition coefficient (Wildman–Crippen LogP) is 2.80. The standard InChI is InChI=1S/C8H5F2IN2/c1-4-5(2-12)3-13-7(6(4)11)8(9)10/h3,8H,1H3. The van der Waals surface area contributed by atoms with Gasteiger partial charge in [-0.1, -0.05) is 0 Å². The molecule has 0 aromatic carbocycles. The summed E-state index contributed by atoms with van der Waals surface area (Å²) >= 11 is 1.78. The van der Waals surface area contributed by atoms with Crippen LogP contribution in [0.4, 0.5) is 8.78 Å². The fourth-order valence-corrected chi connectivity index (χ4v) is 1.53. The average Bonchev–Trinajstić information content (AvgIpc) is 2.09. The van der Waals surface area contributed by atoms with Crippen molar-refractivity contribution in [1.29, 1.82) is 5.26 Å². The van der Waals surface area contributed by atoms with Crippen molar-refractivity contribution in [2.75, 3.05) is 0 Å². The second kappa shape index (κ2) is 3.96. The molecular formula is C8H5F2IN2. The highest BCUT2D eigenvalue weighted by atomic mass is 127. The van der Waals surface area contributed by atoms with E-state index in [4.69, 9.17) is 5.26 Å². The molecule has 2 nitrogen and oxygen atoms in total. The minimum atomic E-state index is -2.58. The van der Waals surface area contributed by atoms with Gasteiger partial charge in [0.25, 0.3) is 6.43 Å². The van der Waals surface area contributed by atoms with E-state index in [9.17, 15) is 8.78 Å². The van der Waals surface area contributed by atoms with E-state index in [0.29, 0.717) is 14.7 Å². The molecule has 1 rings (SSSR count). The Morgan fingerprint density at radius 2 is 2.23 bits per heavy atom. The van der Waals surface area contributed by atoms with E-state index >= 15 is 0 Å². The third-order valence-electron chi connectivity index (χ3n) is 1.62. The summed E-state index contributed by atoms with van der Waals surface area (Å²) in [6, 6.07) is 1.89. The molecule has 1 aromatic heterocycles. The van der Waals surface area contributed by atoms with Crippen LogP contribution >= 0.6 is 22.6 Å². The maximum atomic E-state index is 12.3. The van der Waals surface area contributed by atoms with Crippen LogP contribution in [0.1, 0.15) is 23.2 Å². The van der Waals surface area contributed by atoms with Gasteiger partial charge < -0.3 is 0 Å². The highest BCUT2D eigenvalue weighted by Crippen LogP contribution is 2.25. The van der Waals surface area contributed by atoms with Crippen LogP contribution in [0.15, 0.2) is 6.20 Å². The van der Waals surface area contributed by atoms with Gasteiger partial charge in [-0.3, -0.25) is 4.98 Å². The lowest BCUT2D eigenvalue weighted by atomic mass is 10.1. The van der Waals surface area contributed by atoms with Gasteiger partial charge in [0, 0.05) is 9.77 Å². The monoisotopic (exact) mass is 294 g/mol. The molecule has 0 radical (unpaired) electrons. The van der Waals surface area contributed by atoms with Crippen LogP contribution in [-0.2, 0) is 0 Å². The smallest absolute Gasteiger partial charge is 0.253 e. The van der Waals surface area contributed by atoms with Gasteiger partial charge in [-0.25, -0.2) is 8.78 Å². The Labute approximate surface area is 87.7 Å². The molecule has 0 aliphatic rings. The van der Waals surface area contributed by atoms with Crippen LogP contribution in [-0.4, -0.2) is 4.98 Å². The molecule has 0 saturated carbocycles. The maximum Gasteiger partial charge on any atom is 0.281 e. The fraction of sp³-hybridized carbons (Fsp3) is 0.250. The van der Waals surface area contributed by atoms with Crippen molar-refractivity contribution in [3.8, 4) is 6.07 Å². The summed E-state index contributed by atoms with van der Waals surface area (Å²) in [5.41, 5.74) is 0.652. The number of rotatable bonds is 1. The Kier molecular flexibility index (Phi) is 3.14. The van der Waals surface area contributed by atoms with E-state index in [1.54, 1.807) is 29.5 Å². The third-order valence-corrected chi connectivity index (χ3v) is 2.98. The summed E-state index contributed by atoms with van der Waals surface area (Å²) in [5.74, 6) is 0. The number of hydrogen-bond donors (Lipinski definition) is 0. The molecule has 0 spiro atoms. The number of nitrogens with zero attached hydrogens (tertiary/aromatic N) is 2. The molecule has 1 aromatic rings. The zero-order valence-electron chi connectivity index (χ0n) is 6.68. The van der Waals surface area contributed by atoms with Gasteiger partial charge in [0.1, 0.15) is 11.8 Å². The number of alkyl halides is 2. The summed E-state index contributed by atoms with van der Waals surface area (Å²) in [6.07, 6.45) is -1.41. The van der Waals surface area contributed by atoms with Crippen LogP contribution in [0.5, 0.6) is 0 Å². The third kappa shape index (κ3) is 1.94. The van der Waals surface area contributed by atoms with E-state index in [0.717, 1.165) is 0 Å². The molecule has 0 bridgehead atoms. The quantitative estimate of drug-likeness (QED) is 0.747. The van der Waals surface area contributed by atoms with E-state index in [1.807, 2.05) is 6.07 Å². The molecule has 68 valence electrons. The number of nitriles is 1. The first-order chi connectivity index (χ1) is 6.07. The van der Waals surface area contributed by atoms with Gasteiger partial charge in [-0.15, -0.1) is 0 Å². The molecule has 0 fully saturated rings. The first kappa shape index (κ1) is 10.3. The van der Waals surface area contributed by atoms with E-state index in [1.165, 1.54) is 6.20 Å². The zero-order chi connectivity index (χ0) is 10.0. The average molecular weight is 294 g/mol. The Bertz CT molecular complexity index is 371. The van der Waals surface area contributed by atoms with Crippen LogP contribution in [0, 0.1) is 21.8 Å². The second-order valence-electron chi connectivity index (χ2n) is 2.41. The number of halogens is 3. The Hall–Kier alpha value is -0.770. The van der Waals surface area contributed by atoms with E-state index in [-0.39, 0.29) is 5.69 Å². The zero-order valence-corrected chi connectivity index (χ0v) is 8.84. The summed E-state index contributed by atoms with van der Waals surface area (Å²) in [5, 5.41) is 8.59. The van der Waals surface area contributed by atoms with Crippen molar-refractivity contribution in [2.45, 2.75) is 13.3 Å². The fourth-order valence-electron chi connectivity index (χ4n) is 0.863. The maximum absolute atomic E-state index is 12.3. The van der Waals surface area contributed by atoms with Crippen LogP contribution in [0.2, 0.25) is 0 Å². The molecule has 0 saturated heterocycles. The van der Waals surface area contributed by atoms with E-state index in [2.05, 4.69) is 4.98 Å². The summed E-state index contributed by atoms with van der Waals surface area (Å²) < 4.78 is 25.0. The summed E-state index contributed by atoms with van der Waals surface area (Å²) in [4.78, 5) is 3.53. The number of hydrogen-bond acceptors (Lipinski definition) is 2. The van der Waals surface area contributed by atoms with Gasteiger partial charge in [0.05, 0.1) is 5.56 Å². The molecule has 0 N–H and O–H groups in total. The summed E-state index contributed by atoms with van der Waals surface area (Å²) in [7, 11) is 0. The predicted molar refractivity (Wildman–Crippen MR) is 51.4 cm³/mol. The Morgan fingerprint density at radius 3 is 2.69 bits per heavy atom. The first-order valence-corrected chi connectivity index (χ1v) is 4.49. The molecule has 5 heteroatoms. The van der Waals surface area contributed by atoms with Gasteiger partial charge >= 0.3 is 0 Å². The van der Waals surface area contributed by atoms with Crippen LogP contribution < -0.4 is 0 Å². The van der Waals surface area contributed by atoms with Crippen molar-refractivity contribution >= 4 is 22.6 Å². The molecule has 0 amide bonds. The highest BCUT2D eigenvalue weighted by molar-refractivity contribution is 14.1. The lowest BCUT2D eigenvalue weighted by Gasteiger charge is -2.05. The van der Waals surface area contributed by atoms with Gasteiger partial charge in [-0.05, 0) is 35.1 Å².